The molecule has 1 fully saturated rings. The van der Waals surface area contributed by atoms with E-state index in [1.807, 2.05) is 0 Å². The van der Waals surface area contributed by atoms with Crippen LogP contribution >= 0.6 is 0 Å². The number of carbonyl (C=O) groups is 2. The molecule has 1 aliphatic rings. The van der Waals surface area contributed by atoms with Gasteiger partial charge in [0, 0.05) is 29.9 Å². The van der Waals surface area contributed by atoms with Crippen LogP contribution in [0.5, 0.6) is 0 Å². The van der Waals surface area contributed by atoms with Crippen molar-refractivity contribution in [3.63, 3.8) is 0 Å². The number of carbonyl (C=O) groups excluding carboxylic acids is 2. The normalized spacial score (nSPS) is 14.3. The summed E-state index contributed by atoms with van der Waals surface area (Å²) in [6, 6.07) is 10.5. The number of nitrogens with one attached hydrogen (secondary N) is 1. The SMILES string of the molecule is O=C(Nc1cccc(C(=O)N2CCCC2)c1)c1ccc(C(F)(F)F)cc1. The number of rotatable bonds is 3. The zero-order valence-electron chi connectivity index (χ0n) is 13.8. The van der Waals surface area contributed by atoms with Crippen molar-refractivity contribution in [3.05, 3.63) is 65.2 Å². The Bertz CT molecular complexity index is 810. The van der Waals surface area contributed by atoms with Gasteiger partial charge in [0.15, 0.2) is 0 Å². The van der Waals surface area contributed by atoms with Gasteiger partial charge in [-0.2, -0.15) is 13.2 Å². The Morgan fingerprint density at radius 1 is 0.923 bits per heavy atom. The number of likely N-dealkylation sites (tertiary alicyclic amines) is 1. The van der Waals surface area contributed by atoms with E-state index >= 15 is 0 Å². The maximum Gasteiger partial charge on any atom is 0.416 e. The number of hydrogen-bond donors (Lipinski definition) is 1. The van der Waals surface area contributed by atoms with Crippen LogP contribution in [-0.2, 0) is 6.18 Å². The Hall–Kier alpha value is -2.83. The standard InChI is InChI=1S/C19H17F3N2O2/c20-19(21,22)15-8-6-13(7-9-15)17(25)23-16-5-3-4-14(12-16)18(26)24-10-1-2-11-24/h3-9,12H,1-2,10-11H2,(H,23,25). The number of anilines is 1. The molecule has 2 aromatic rings. The molecule has 0 atom stereocenters. The molecule has 136 valence electrons. The van der Waals surface area contributed by atoms with Gasteiger partial charge in [0.2, 0.25) is 0 Å². The van der Waals surface area contributed by atoms with Crippen molar-refractivity contribution in [1.82, 2.24) is 4.90 Å². The van der Waals surface area contributed by atoms with E-state index in [2.05, 4.69) is 5.32 Å². The molecule has 0 bridgehead atoms. The first-order valence-corrected chi connectivity index (χ1v) is 8.22. The highest BCUT2D eigenvalue weighted by Crippen LogP contribution is 2.29. The molecule has 26 heavy (non-hydrogen) atoms. The molecule has 0 aromatic heterocycles. The molecule has 1 heterocycles. The number of hydrogen-bond acceptors (Lipinski definition) is 2. The molecule has 0 spiro atoms. The number of alkyl halides is 3. The lowest BCUT2D eigenvalue weighted by Crippen LogP contribution is -2.27. The molecular weight excluding hydrogens is 345 g/mol. The zero-order chi connectivity index (χ0) is 18.7. The third kappa shape index (κ3) is 4.04. The molecule has 2 amide bonds. The minimum absolute atomic E-state index is 0.0897. The molecule has 7 heteroatoms. The first kappa shape index (κ1) is 18.0. The average molecular weight is 362 g/mol. The third-order valence-corrected chi connectivity index (χ3v) is 4.24. The summed E-state index contributed by atoms with van der Waals surface area (Å²) in [6.45, 7) is 1.45. The van der Waals surface area contributed by atoms with E-state index in [9.17, 15) is 22.8 Å². The van der Waals surface area contributed by atoms with Gasteiger partial charge in [-0.3, -0.25) is 9.59 Å². The van der Waals surface area contributed by atoms with Gasteiger partial charge in [0.25, 0.3) is 11.8 Å². The summed E-state index contributed by atoms with van der Waals surface area (Å²) < 4.78 is 37.7. The van der Waals surface area contributed by atoms with Crippen molar-refractivity contribution in [2.45, 2.75) is 19.0 Å². The molecule has 1 aliphatic heterocycles. The van der Waals surface area contributed by atoms with E-state index in [-0.39, 0.29) is 11.5 Å². The van der Waals surface area contributed by atoms with Crippen molar-refractivity contribution < 1.29 is 22.8 Å². The maximum atomic E-state index is 12.6. The van der Waals surface area contributed by atoms with E-state index in [4.69, 9.17) is 0 Å². The Kier molecular flexibility index (Phi) is 4.97. The van der Waals surface area contributed by atoms with Crippen LogP contribution in [0.3, 0.4) is 0 Å². The monoisotopic (exact) mass is 362 g/mol. The predicted molar refractivity (Wildman–Crippen MR) is 91.0 cm³/mol. The van der Waals surface area contributed by atoms with E-state index in [0.717, 1.165) is 50.2 Å². The highest BCUT2D eigenvalue weighted by Gasteiger charge is 2.30. The first-order valence-electron chi connectivity index (χ1n) is 8.22. The average Bonchev–Trinajstić information content (AvgIpc) is 3.15. The van der Waals surface area contributed by atoms with Crippen LogP contribution in [0.15, 0.2) is 48.5 Å². The van der Waals surface area contributed by atoms with Crippen LogP contribution in [0, 0.1) is 0 Å². The van der Waals surface area contributed by atoms with E-state index in [0.29, 0.717) is 11.3 Å². The Labute approximate surface area is 148 Å². The van der Waals surface area contributed by atoms with Gasteiger partial charge in [-0.15, -0.1) is 0 Å². The molecular formula is C19H17F3N2O2. The van der Waals surface area contributed by atoms with Gasteiger partial charge in [0.05, 0.1) is 5.56 Å². The van der Waals surface area contributed by atoms with Crippen LogP contribution in [0.2, 0.25) is 0 Å². The molecule has 2 aromatic carbocycles. The summed E-state index contributed by atoms with van der Waals surface area (Å²) in [5, 5.41) is 2.61. The molecule has 4 nitrogen and oxygen atoms in total. The number of nitrogens with zero attached hydrogens (tertiary/aromatic N) is 1. The number of benzene rings is 2. The van der Waals surface area contributed by atoms with Crippen LogP contribution < -0.4 is 5.32 Å². The summed E-state index contributed by atoms with van der Waals surface area (Å²) in [7, 11) is 0. The van der Waals surface area contributed by atoms with Gasteiger partial charge in [-0.25, -0.2) is 0 Å². The number of halogens is 3. The van der Waals surface area contributed by atoms with E-state index < -0.39 is 17.6 Å². The lowest BCUT2D eigenvalue weighted by Gasteiger charge is -2.16. The molecule has 0 unspecified atom stereocenters. The van der Waals surface area contributed by atoms with Gasteiger partial charge >= 0.3 is 6.18 Å². The first-order chi connectivity index (χ1) is 12.3. The summed E-state index contributed by atoms with van der Waals surface area (Å²) in [5.74, 6) is -0.627. The fourth-order valence-corrected chi connectivity index (χ4v) is 2.85. The van der Waals surface area contributed by atoms with Gasteiger partial charge in [0.1, 0.15) is 0 Å². The van der Waals surface area contributed by atoms with Crippen LogP contribution in [0.1, 0.15) is 39.1 Å². The minimum Gasteiger partial charge on any atom is -0.339 e. The number of amides is 2. The van der Waals surface area contributed by atoms with Crippen molar-refractivity contribution in [2.75, 3.05) is 18.4 Å². The lowest BCUT2D eigenvalue weighted by atomic mass is 10.1. The molecule has 1 saturated heterocycles. The smallest absolute Gasteiger partial charge is 0.339 e. The third-order valence-electron chi connectivity index (χ3n) is 4.24. The topological polar surface area (TPSA) is 49.4 Å². The van der Waals surface area contributed by atoms with Crippen molar-refractivity contribution in [3.8, 4) is 0 Å². The second kappa shape index (κ2) is 7.19. The zero-order valence-corrected chi connectivity index (χ0v) is 13.8. The largest absolute Gasteiger partial charge is 0.416 e. The van der Waals surface area contributed by atoms with Gasteiger partial charge < -0.3 is 10.2 Å². The van der Waals surface area contributed by atoms with E-state index in [1.54, 1.807) is 29.2 Å². The molecule has 0 saturated carbocycles. The summed E-state index contributed by atoms with van der Waals surface area (Å²) >= 11 is 0. The molecule has 0 aliphatic carbocycles. The van der Waals surface area contributed by atoms with Gasteiger partial charge in [-0.1, -0.05) is 6.07 Å². The molecule has 0 radical (unpaired) electrons. The minimum atomic E-state index is -4.45. The predicted octanol–water partition coefficient (Wildman–Crippen LogP) is 4.19. The molecule has 3 rings (SSSR count). The highest BCUT2D eigenvalue weighted by molar-refractivity contribution is 6.05. The summed E-state index contributed by atoms with van der Waals surface area (Å²) in [5.41, 5.74) is 0.179. The Morgan fingerprint density at radius 2 is 1.58 bits per heavy atom. The van der Waals surface area contributed by atoms with Crippen LogP contribution in [0.4, 0.5) is 18.9 Å². The Balaban J connectivity index is 1.71. The van der Waals surface area contributed by atoms with Crippen molar-refractivity contribution in [2.24, 2.45) is 0 Å². The second-order valence-corrected chi connectivity index (χ2v) is 6.11. The fourth-order valence-electron chi connectivity index (χ4n) is 2.85. The summed E-state index contributed by atoms with van der Waals surface area (Å²) in [6.07, 6.45) is -2.48. The van der Waals surface area contributed by atoms with E-state index in [1.165, 1.54) is 0 Å². The Morgan fingerprint density at radius 3 is 2.19 bits per heavy atom. The summed E-state index contributed by atoms with van der Waals surface area (Å²) in [4.78, 5) is 26.4. The quantitative estimate of drug-likeness (QED) is 0.890. The second-order valence-electron chi connectivity index (χ2n) is 6.11. The van der Waals surface area contributed by atoms with Crippen molar-refractivity contribution in [1.29, 1.82) is 0 Å². The van der Waals surface area contributed by atoms with Crippen LogP contribution in [-0.4, -0.2) is 29.8 Å². The molecule has 1 N–H and O–H groups in total. The maximum absolute atomic E-state index is 12.6. The van der Waals surface area contributed by atoms with Gasteiger partial charge in [-0.05, 0) is 55.3 Å². The van der Waals surface area contributed by atoms with Crippen molar-refractivity contribution >= 4 is 17.5 Å². The fraction of sp³-hybridized carbons (Fsp3) is 0.263. The highest BCUT2D eigenvalue weighted by atomic mass is 19.4. The lowest BCUT2D eigenvalue weighted by molar-refractivity contribution is -0.137. The van der Waals surface area contributed by atoms with Crippen LogP contribution in [0.25, 0.3) is 0 Å².